The predicted molar refractivity (Wildman–Crippen MR) is 84.0 cm³/mol. The summed E-state index contributed by atoms with van der Waals surface area (Å²) < 4.78 is 7.42. The first-order chi connectivity index (χ1) is 8.97. The molecule has 0 radical (unpaired) electrons. The van der Waals surface area contributed by atoms with Gasteiger partial charge in [0.25, 0.3) is 0 Å². The molecule has 0 aromatic heterocycles. The SMILES string of the molecule is C[C@@H](O)c1ccc(Oc2cc(Br)ccc2Cl)cc1Br. The van der Waals surface area contributed by atoms with E-state index in [-0.39, 0.29) is 0 Å². The smallest absolute Gasteiger partial charge is 0.147 e. The summed E-state index contributed by atoms with van der Waals surface area (Å²) in [5.74, 6) is 1.23. The Balaban J connectivity index is 2.29. The van der Waals surface area contributed by atoms with Gasteiger partial charge in [0.2, 0.25) is 0 Å². The van der Waals surface area contributed by atoms with Crippen molar-refractivity contribution in [3.8, 4) is 11.5 Å². The Bertz CT molecular complexity index is 600. The maximum Gasteiger partial charge on any atom is 0.147 e. The van der Waals surface area contributed by atoms with Gasteiger partial charge in [0.05, 0.1) is 11.1 Å². The van der Waals surface area contributed by atoms with Gasteiger partial charge in [0, 0.05) is 8.95 Å². The monoisotopic (exact) mass is 404 g/mol. The molecule has 0 spiro atoms. The van der Waals surface area contributed by atoms with Crippen LogP contribution < -0.4 is 4.74 Å². The molecule has 0 bridgehead atoms. The number of aliphatic hydroxyl groups excluding tert-OH is 1. The largest absolute Gasteiger partial charge is 0.456 e. The minimum absolute atomic E-state index is 0.530. The van der Waals surface area contributed by atoms with Gasteiger partial charge in [-0.3, -0.25) is 0 Å². The van der Waals surface area contributed by atoms with Crippen molar-refractivity contribution in [2.75, 3.05) is 0 Å². The molecule has 0 fully saturated rings. The van der Waals surface area contributed by atoms with E-state index >= 15 is 0 Å². The van der Waals surface area contributed by atoms with Crippen molar-refractivity contribution in [3.63, 3.8) is 0 Å². The maximum absolute atomic E-state index is 9.57. The third-order valence-corrected chi connectivity index (χ3v) is 4.04. The lowest BCUT2D eigenvalue weighted by Gasteiger charge is -2.11. The molecule has 1 atom stereocenters. The summed E-state index contributed by atoms with van der Waals surface area (Å²) >= 11 is 12.9. The molecule has 0 heterocycles. The van der Waals surface area contributed by atoms with Crippen molar-refractivity contribution in [1.29, 1.82) is 0 Å². The van der Waals surface area contributed by atoms with Crippen molar-refractivity contribution in [2.24, 2.45) is 0 Å². The third kappa shape index (κ3) is 3.72. The Morgan fingerprint density at radius 1 is 1.16 bits per heavy atom. The van der Waals surface area contributed by atoms with Crippen molar-refractivity contribution in [2.45, 2.75) is 13.0 Å². The fourth-order valence-electron chi connectivity index (χ4n) is 1.59. The van der Waals surface area contributed by atoms with Gasteiger partial charge in [-0.25, -0.2) is 0 Å². The molecule has 2 nitrogen and oxygen atoms in total. The average molecular weight is 407 g/mol. The fraction of sp³-hybridized carbons (Fsp3) is 0.143. The molecule has 0 aliphatic heterocycles. The number of halogens is 3. The van der Waals surface area contributed by atoms with Crippen molar-refractivity contribution >= 4 is 43.5 Å². The molecule has 100 valence electrons. The minimum atomic E-state index is -0.530. The van der Waals surface area contributed by atoms with Crippen LogP contribution in [0.1, 0.15) is 18.6 Å². The molecule has 0 saturated heterocycles. The quantitative estimate of drug-likeness (QED) is 0.707. The first-order valence-corrected chi connectivity index (χ1v) is 7.54. The molecule has 5 heteroatoms. The van der Waals surface area contributed by atoms with Crippen LogP contribution in [0.2, 0.25) is 5.02 Å². The van der Waals surface area contributed by atoms with Gasteiger partial charge < -0.3 is 9.84 Å². The number of hydrogen-bond acceptors (Lipinski definition) is 2. The summed E-state index contributed by atoms with van der Waals surface area (Å²) in [4.78, 5) is 0. The van der Waals surface area contributed by atoms with E-state index in [2.05, 4.69) is 31.9 Å². The second-order valence-corrected chi connectivity index (χ2v) is 6.21. The molecular weight excluding hydrogens is 395 g/mol. The second kappa shape index (κ2) is 6.27. The molecule has 2 rings (SSSR count). The van der Waals surface area contributed by atoms with Gasteiger partial charge in [-0.05, 0) is 42.8 Å². The number of benzene rings is 2. The van der Waals surface area contributed by atoms with E-state index in [1.807, 2.05) is 12.1 Å². The fourth-order valence-corrected chi connectivity index (χ4v) is 2.78. The molecule has 1 N–H and O–H groups in total. The second-order valence-electron chi connectivity index (χ2n) is 4.04. The van der Waals surface area contributed by atoms with Gasteiger partial charge in [-0.1, -0.05) is 49.5 Å². The van der Waals surface area contributed by atoms with Crippen LogP contribution in [0.25, 0.3) is 0 Å². The molecule has 2 aromatic rings. The molecular formula is C14H11Br2ClO2. The van der Waals surface area contributed by atoms with Gasteiger partial charge >= 0.3 is 0 Å². The average Bonchev–Trinajstić information content (AvgIpc) is 2.33. The topological polar surface area (TPSA) is 29.5 Å². The van der Waals surface area contributed by atoms with Crippen LogP contribution in [0.4, 0.5) is 0 Å². The molecule has 19 heavy (non-hydrogen) atoms. The highest BCUT2D eigenvalue weighted by molar-refractivity contribution is 9.10. The molecule has 0 amide bonds. The van der Waals surface area contributed by atoms with E-state index < -0.39 is 6.10 Å². The first-order valence-electron chi connectivity index (χ1n) is 5.58. The highest BCUT2D eigenvalue weighted by atomic mass is 79.9. The summed E-state index contributed by atoms with van der Waals surface area (Å²) in [7, 11) is 0. The van der Waals surface area contributed by atoms with Gasteiger partial charge in [-0.2, -0.15) is 0 Å². The van der Waals surface area contributed by atoms with E-state index in [4.69, 9.17) is 16.3 Å². The standard InChI is InChI=1S/C14H11Br2ClO2/c1-8(18)11-4-3-10(7-12(11)16)19-14-6-9(15)2-5-13(14)17/h2-8,18H,1H3/t8-/m1/s1. The number of hydrogen-bond donors (Lipinski definition) is 1. The normalized spacial score (nSPS) is 12.3. The number of aliphatic hydroxyl groups is 1. The predicted octanol–water partition coefficient (Wildman–Crippen LogP) is 5.71. The van der Waals surface area contributed by atoms with E-state index in [0.717, 1.165) is 14.5 Å². The van der Waals surface area contributed by atoms with E-state index in [1.165, 1.54) is 0 Å². The zero-order chi connectivity index (χ0) is 14.0. The summed E-state index contributed by atoms with van der Waals surface area (Å²) in [5, 5.41) is 10.1. The van der Waals surface area contributed by atoms with Crippen molar-refractivity contribution in [1.82, 2.24) is 0 Å². The lowest BCUT2D eigenvalue weighted by Crippen LogP contribution is -1.93. The van der Waals surface area contributed by atoms with Gasteiger partial charge in [0.1, 0.15) is 11.5 Å². The van der Waals surface area contributed by atoms with Crippen LogP contribution in [0.15, 0.2) is 45.3 Å². The number of ether oxygens (including phenoxy) is 1. The highest BCUT2D eigenvalue weighted by Gasteiger charge is 2.09. The van der Waals surface area contributed by atoms with Crippen LogP contribution in [0.5, 0.6) is 11.5 Å². The Hall–Kier alpha value is -0.550. The summed E-state index contributed by atoms with van der Waals surface area (Å²) in [6.45, 7) is 1.71. The van der Waals surface area contributed by atoms with Crippen LogP contribution in [0, 0.1) is 0 Å². The summed E-state index contributed by atoms with van der Waals surface area (Å²) in [6, 6.07) is 10.8. The van der Waals surface area contributed by atoms with Crippen LogP contribution in [-0.4, -0.2) is 5.11 Å². The zero-order valence-electron chi connectivity index (χ0n) is 10.0. The van der Waals surface area contributed by atoms with Gasteiger partial charge in [-0.15, -0.1) is 0 Å². The van der Waals surface area contributed by atoms with Crippen LogP contribution in [0.3, 0.4) is 0 Å². The molecule has 0 aliphatic rings. The summed E-state index contributed by atoms with van der Waals surface area (Å²) in [6.07, 6.45) is -0.530. The highest BCUT2D eigenvalue weighted by Crippen LogP contribution is 2.34. The lowest BCUT2D eigenvalue weighted by molar-refractivity contribution is 0.198. The first kappa shape index (κ1) is 14.9. The van der Waals surface area contributed by atoms with Crippen LogP contribution in [-0.2, 0) is 0 Å². The Morgan fingerprint density at radius 2 is 1.89 bits per heavy atom. The lowest BCUT2D eigenvalue weighted by atomic mass is 10.1. The van der Waals surface area contributed by atoms with E-state index in [0.29, 0.717) is 16.5 Å². The molecule has 0 aliphatic carbocycles. The van der Waals surface area contributed by atoms with Crippen LogP contribution >= 0.6 is 43.5 Å². The minimum Gasteiger partial charge on any atom is -0.456 e. The van der Waals surface area contributed by atoms with Gasteiger partial charge in [0.15, 0.2) is 0 Å². The van der Waals surface area contributed by atoms with Crippen molar-refractivity contribution in [3.05, 3.63) is 55.9 Å². The van der Waals surface area contributed by atoms with E-state index in [9.17, 15) is 5.11 Å². The van der Waals surface area contributed by atoms with E-state index in [1.54, 1.807) is 31.2 Å². The summed E-state index contributed by atoms with van der Waals surface area (Å²) in [5.41, 5.74) is 0.813. The molecule has 0 saturated carbocycles. The Morgan fingerprint density at radius 3 is 2.53 bits per heavy atom. The third-order valence-electron chi connectivity index (χ3n) is 2.54. The Kier molecular flexibility index (Phi) is 4.90. The maximum atomic E-state index is 9.57. The number of rotatable bonds is 3. The Labute approximate surface area is 133 Å². The van der Waals surface area contributed by atoms with Crippen molar-refractivity contribution < 1.29 is 9.84 Å². The molecule has 0 unspecified atom stereocenters. The zero-order valence-corrected chi connectivity index (χ0v) is 14.0. The molecule has 2 aromatic carbocycles.